The molecule has 112 valence electrons. The first-order valence-electron chi connectivity index (χ1n) is 6.43. The number of carboxylic acid groups (broad SMARTS) is 1. The van der Waals surface area contributed by atoms with Crippen LogP contribution in [0.25, 0.3) is 0 Å². The van der Waals surface area contributed by atoms with E-state index in [1.165, 1.54) is 16.7 Å². The molecule has 5 nitrogen and oxygen atoms in total. The first-order valence-corrected chi connectivity index (χ1v) is 8.07. The lowest BCUT2D eigenvalue weighted by Gasteiger charge is -2.11. The fraction of sp³-hybridized carbons (Fsp3) is 0.357. The fourth-order valence-corrected chi connectivity index (χ4v) is 3.91. The van der Waals surface area contributed by atoms with Gasteiger partial charge in [0, 0.05) is 29.1 Å². The molecule has 0 amide bonds. The molecule has 0 radical (unpaired) electrons. The largest absolute Gasteiger partial charge is 0.476 e. The normalized spacial score (nSPS) is 12.1. The third-order valence-electron chi connectivity index (χ3n) is 2.82. The van der Waals surface area contributed by atoms with Gasteiger partial charge in [0.25, 0.3) is 0 Å². The van der Waals surface area contributed by atoms with Crippen molar-refractivity contribution >= 4 is 39.6 Å². The Labute approximate surface area is 130 Å². The lowest BCUT2D eigenvalue weighted by molar-refractivity contribution is 0.0687. The smallest absolute Gasteiger partial charge is 0.356 e. The van der Waals surface area contributed by atoms with Gasteiger partial charge in [0.15, 0.2) is 16.6 Å². The number of aromatic nitrogens is 1. The molecule has 0 bridgehead atoms. The van der Waals surface area contributed by atoms with Crippen LogP contribution in [-0.2, 0) is 6.42 Å². The van der Waals surface area contributed by atoms with E-state index in [4.69, 9.17) is 5.11 Å². The SMILES string of the molecule is CC(=O)c1sc(NC(C)Cc2ccc(C)s2)nc1C(=O)O. The van der Waals surface area contributed by atoms with Crippen LogP contribution in [0.15, 0.2) is 12.1 Å². The van der Waals surface area contributed by atoms with Crippen molar-refractivity contribution in [1.29, 1.82) is 0 Å². The molecule has 21 heavy (non-hydrogen) atoms. The topological polar surface area (TPSA) is 79.3 Å². The van der Waals surface area contributed by atoms with Crippen LogP contribution in [0.4, 0.5) is 5.13 Å². The number of carboxylic acids is 1. The number of hydrogen-bond acceptors (Lipinski definition) is 6. The number of aryl methyl sites for hydroxylation is 1. The minimum atomic E-state index is -1.17. The molecule has 0 aliphatic rings. The molecule has 2 N–H and O–H groups in total. The first-order chi connectivity index (χ1) is 9.86. The van der Waals surface area contributed by atoms with Crippen LogP contribution in [0.5, 0.6) is 0 Å². The van der Waals surface area contributed by atoms with Gasteiger partial charge in [0.1, 0.15) is 4.88 Å². The van der Waals surface area contributed by atoms with Crippen molar-refractivity contribution in [1.82, 2.24) is 4.98 Å². The van der Waals surface area contributed by atoms with Crippen LogP contribution in [0.2, 0.25) is 0 Å². The molecule has 0 aliphatic carbocycles. The summed E-state index contributed by atoms with van der Waals surface area (Å²) in [6, 6.07) is 4.27. The van der Waals surface area contributed by atoms with Crippen molar-refractivity contribution in [2.75, 3.05) is 5.32 Å². The number of hydrogen-bond donors (Lipinski definition) is 2. The van der Waals surface area contributed by atoms with Gasteiger partial charge in [-0.1, -0.05) is 11.3 Å². The molecule has 2 aromatic heterocycles. The minimum Gasteiger partial charge on any atom is -0.476 e. The van der Waals surface area contributed by atoms with E-state index in [0.717, 1.165) is 17.8 Å². The van der Waals surface area contributed by atoms with Gasteiger partial charge in [-0.25, -0.2) is 9.78 Å². The predicted molar refractivity (Wildman–Crippen MR) is 84.9 cm³/mol. The number of ketones is 1. The average Bonchev–Trinajstić information content (AvgIpc) is 2.96. The highest BCUT2D eigenvalue weighted by Gasteiger charge is 2.21. The summed E-state index contributed by atoms with van der Waals surface area (Å²) < 4.78 is 0. The van der Waals surface area contributed by atoms with Crippen molar-refractivity contribution in [3.05, 3.63) is 32.5 Å². The third-order valence-corrected chi connectivity index (χ3v) is 4.93. The molecule has 0 spiro atoms. The number of nitrogens with one attached hydrogen (secondary N) is 1. The Morgan fingerprint density at radius 3 is 2.57 bits per heavy atom. The molecule has 0 aromatic carbocycles. The van der Waals surface area contributed by atoms with Crippen LogP contribution in [0, 0.1) is 6.92 Å². The van der Waals surface area contributed by atoms with E-state index in [0.29, 0.717) is 5.13 Å². The molecule has 7 heteroatoms. The fourth-order valence-electron chi connectivity index (χ4n) is 1.92. The molecule has 2 heterocycles. The van der Waals surface area contributed by atoms with E-state index in [-0.39, 0.29) is 22.4 Å². The highest BCUT2D eigenvalue weighted by atomic mass is 32.1. The summed E-state index contributed by atoms with van der Waals surface area (Å²) in [7, 11) is 0. The van der Waals surface area contributed by atoms with Gasteiger partial charge >= 0.3 is 5.97 Å². The maximum Gasteiger partial charge on any atom is 0.356 e. The van der Waals surface area contributed by atoms with Crippen molar-refractivity contribution < 1.29 is 14.7 Å². The summed E-state index contributed by atoms with van der Waals surface area (Å²) in [5.41, 5.74) is -0.172. The van der Waals surface area contributed by atoms with Gasteiger partial charge < -0.3 is 10.4 Å². The van der Waals surface area contributed by atoms with E-state index in [1.807, 2.05) is 6.92 Å². The zero-order chi connectivity index (χ0) is 15.6. The Morgan fingerprint density at radius 2 is 2.10 bits per heavy atom. The Bertz CT molecular complexity index is 644. The molecule has 0 aliphatic heterocycles. The number of anilines is 1. The Balaban J connectivity index is 2.10. The van der Waals surface area contributed by atoms with Gasteiger partial charge in [0.05, 0.1) is 0 Å². The van der Waals surface area contributed by atoms with Crippen molar-refractivity contribution in [3.8, 4) is 0 Å². The van der Waals surface area contributed by atoms with E-state index >= 15 is 0 Å². The second kappa shape index (κ2) is 6.36. The molecular formula is C14H16N2O3S2. The highest BCUT2D eigenvalue weighted by molar-refractivity contribution is 7.17. The molecule has 0 fully saturated rings. The molecular weight excluding hydrogens is 308 g/mol. The third kappa shape index (κ3) is 3.89. The van der Waals surface area contributed by atoms with Crippen LogP contribution >= 0.6 is 22.7 Å². The summed E-state index contributed by atoms with van der Waals surface area (Å²) >= 11 is 2.83. The Morgan fingerprint density at radius 1 is 1.38 bits per heavy atom. The molecule has 1 unspecified atom stereocenters. The lowest BCUT2D eigenvalue weighted by Crippen LogP contribution is -2.17. The molecule has 1 atom stereocenters. The van der Waals surface area contributed by atoms with Crippen molar-refractivity contribution in [3.63, 3.8) is 0 Å². The van der Waals surface area contributed by atoms with Crippen LogP contribution < -0.4 is 5.32 Å². The van der Waals surface area contributed by atoms with Crippen molar-refractivity contribution in [2.45, 2.75) is 33.2 Å². The highest BCUT2D eigenvalue weighted by Crippen LogP contribution is 2.25. The number of thiophene rings is 1. The first kappa shape index (κ1) is 15.7. The number of carbonyl (C=O) groups is 2. The maximum absolute atomic E-state index is 11.4. The summed E-state index contributed by atoms with van der Waals surface area (Å²) in [6.45, 7) is 5.41. The summed E-state index contributed by atoms with van der Waals surface area (Å²) in [5.74, 6) is -1.45. The molecule has 2 rings (SSSR count). The zero-order valence-corrected chi connectivity index (χ0v) is 13.6. The number of nitrogens with zero attached hydrogens (tertiary/aromatic N) is 1. The monoisotopic (exact) mass is 324 g/mol. The number of thiazole rings is 1. The summed E-state index contributed by atoms with van der Waals surface area (Å²) in [6.07, 6.45) is 0.829. The van der Waals surface area contributed by atoms with Gasteiger partial charge in [-0.2, -0.15) is 0 Å². The zero-order valence-electron chi connectivity index (χ0n) is 12.0. The quantitative estimate of drug-likeness (QED) is 0.796. The summed E-state index contributed by atoms with van der Waals surface area (Å²) in [4.78, 5) is 29.2. The Hall–Kier alpha value is -1.73. The average molecular weight is 324 g/mol. The van der Waals surface area contributed by atoms with E-state index < -0.39 is 5.97 Å². The number of carbonyl (C=O) groups excluding carboxylic acids is 1. The second-order valence-electron chi connectivity index (χ2n) is 4.82. The standard InChI is InChI=1S/C14H16N2O3S2/c1-7(6-10-5-4-8(2)20-10)15-14-16-11(13(18)19)12(21-14)9(3)17/h4-5,7H,6H2,1-3H3,(H,15,16)(H,18,19). The molecule has 2 aromatic rings. The van der Waals surface area contributed by atoms with Gasteiger partial charge in [0.2, 0.25) is 0 Å². The molecule has 0 saturated heterocycles. The predicted octanol–water partition coefficient (Wildman–Crippen LogP) is 3.46. The van der Waals surface area contributed by atoms with E-state index in [9.17, 15) is 9.59 Å². The van der Waals surface area contributed by atoms with Crippen LogP contribution in [0.1, 0.15) is 43.8 Å². The van der Waals surface area contributed by atoms with E-state index in [2.05, 4.69) is 29.4 Å². The van der Waals surface area contributed by atoms with Crippen molar-refractivity contribution in [2.24, 2.45) is 0 Å². The molecule has 0 saturated carbocycles. The van der Waals surface area contributed by atoms with Gasteiger partial charge in [-0.3, -0.25) is 4.79 Å². The number of Topliss-reactive ketones (excluding diaryl/α,β-unsaturated/α-hetero) is 1. The minimum absolute atomic E-state index is 0.107. The van der Waals surface area contributed by atoms with Crippen LogP contribution in [0.3, 0.4) is 0 Å². The number of rotatable bonds is 6. The van der Waals surface area contributed by atoms with Gasteiger partial charge in [-0.05, 0) is 26.0 Å². The summed E-state index contributed by atoms with van der Waals surface area (Å²) in [5, 5.41) is 12.7. The Kier molecular flexibility index (Phi) is 4.74. The van der Waals surface area contributed by atoms with E-state index in [1.54, 1.807) is 11.3 Å². The maximum atomic E-state index is 11.4. The number of aromatic carboxylic acids is 1. The van der Waals surface area contributed by atoms with Crippen LogP contribution in [-0.4, -0.2) is 27.9 Å². The van der Waals surface area contributed by atoms with Gasteiger partial charge in [-0.15, -0.1) is 11.3 Å². The lowest BCUT2D eigenvalue weighted by atomic mass is 10.2. The second-order valence-corrected chi connectivity index (χ2v) is 7.19.